The van der Waals surface area contributed by atoms with E-state index in [4.69, 9.17) is 9.52 Å². The van der Waals surface area contributed by atoms with Gasteiger partial charge in [-0.05, 0) is 12.1 Å². The highest BCUT2D eigenvalue weighted by Crippen LogP contribution is 2.17. The fourth-order valence-corrected chi connectivity index (χ4v) is 2.17. The molecule has 0 aliphatic rings. The van der Waals surface area contributed by atoms with E-state index in [1.807, 2.05) is 0 Å². The summed E-state index contributed by atoms with van der Waals surface area (Å²) in [5.74, 6) is -1.67. The molecule has 0 radical (unpaired) electrons. The van der Waals surface area contributed by atoms with Gasteiger partial charge >= 0.3 is 5.97 Å². The average Bonchev–Trinajstić information content (AvgIpc) is 2.86. The zero-order chi connectivity index (χ0) is 13.3. The van der Waals surface area contributed by atoms with Gasteiger partial charge < -0.3 is 9.52 Å². The van der Waals surface area contributed by atoms with E-state index in [0.717, 1.165) is 12.1 Å². The van der Waals surface area contributed by atoms with Crippen LogP contribution in [0.5, 0.6) is 0 Å². The van der Waals surface area contributed by atoms with Crippen molar-refractivity contribution < 1.29 is 22.7 Å². The lowest BCUT2D eigenvalue weighted by molar-refractivity contribution is 0.0656. The largest absolute Gasteiger partial charge is 0.475 e. The van der Waals surface area contributed by atoms with Gasteiger partial charge in [0.15, 0.2) is 5.82 Å². The van der Waals surface area contributed by atoms with Crippen LogP contribution in [0.15, 0.2) is 33.9 Å². The lowest BCUT2D eigenvalue weighted by atomic mass is 10.5. The van der Waals surface area contributed by atoms with E-state index in [1.54, 1.807) is 13.2 Å². The molecular formula is C9H9N3O5S. The van der Waals surface area contributed by atoms with Crippen LogP contribution in [-0.4, -0.2) is 29.3 Å². The number of sulfonamides is 1. The Morgan fingerprint density at radius 2 is 2.17 bits per heavy atom. The number of carboxylic acid groups (broad SMARTS) is 1. The Labute approximate surface area is 102 Å². The number of anilines is 1. The number of aromatic nitrogens is 2. The predicted molar refractivity (Wildman–Crippen MR) is 59.7 cm³/mol. The summed E-state index contributed by atoms with van der Waals surface area (Å²) < 4.78 is 31.9. The number of rotatable bonds is 4. The third-order valence-corrected chi connectivity index (χ3v) is 3.24. The van der Waals surface area contributed by atoms with E-state index >= 15 is 0 Å². The van der Waals surface area contributed by atoms with Crippen molar-refractivity contribution in [2.75, 3.05) is 4.72 Å². The minimum atomic E-state index is -3.97. The summed E-state index contributed by atoms with van der Waals surface area (Å²) in [6, 6.07) is 3.59. The van der Waals surface area contributed by atoms with Crippen LogP contribution in [-0.2, 0) is 17.1 Å². The molecule has 2 heterocycles. The summed E-state index contributed by atoms with van der Waals surface area (Å²) >= 11 is 0. The average molecular weight is 271 g/mol. The van der Waals surface area contributed by atoms with Crippen molar-refractivity contribution in [3.05, 3.63) is 30.2 Å². The molecule has 18 heavy (non-hydrogen) atoms. The molecule has 0 atom stereocenters. The highest BCUT2D eigenvalue weighted by molar-refractivity contribution is 7.92. The Hall–Kier alpha value is -2.29. The summed E-state index contributed by atoms with van der Waals surface area (Å²) in [5.41, 5.74) is 0. The molecule has 9 heteroatoms. The normalized spacial score (nSPS) is 11.4. The van der Waals surface area contributed by atoms with Crippen LogP contribution in [0.2, 0.25) is 0 Å². The van der Waals surface area contributed by atoms with Gasteiger partial charge in [-0.1, -0.05) is 0 Å². The number of aromatic carboxylic acids is 1. The lowest BCUT2D eigenvalue weighted by Crippen LogP contribution is -2.12. The SMILES string of the molecule is Cn1ccc(NS(=O)(=O)c2ccc(C(=O)O)o2)n1. The fraction of sp³-hybridized carbons (Fsp3) is 0.111. The Morgan fingerprint density at radius 3 is 2.67 bits per heavy atom. The molecule has 2 aromatic heterocycles. The Balaban J connectivity index is 2.27. The van der Waals surface area contributed by atoms with E-state index in [2.05, 4.69) is 9.82 Å². The van der Waals surface area contributed by atoms with Gasteiger partial charge in [0.05, 0.1) is 0 Å². The molecular weight excluding hydrogens is 262 g/mol. The maximum Gasteiger partial charge on any atom is 0.371 e. The Kier molecular flexibility index (Phi) is 2.83. The number of carboxylic acids is 1. The zero-order valence-electron chi connectivity index (χ0n) is 9.19. The van der Waals surface area contributed by atoms with Crippen molar-refractivity contribution in [1.29, 1.82) is 0 Å². The Morgan fingerprint density at radius 1 is 1.44 bits per heavy atom. The first-order valence-electron chi connectivity index (χ1n) is 4.74. The summed E-state index contributed by atoms with van der Waals surface area (Å²) in [7, 11) is -2.34. The molecule has 0 unspecified atom stereocenters. The number of carbonyl (C=O) groups is 1. The minimum absolute atomic E-state index is 0.116. The van der Waals surface area contributed by atoms with Gasteiger partial charge in [0.25, 0.3) is 10.0 Å². The summed E-state index contributed by atoms with van der Waals surface area (Å²) in [6.45, 7) is 0. The van der Waals surface area contributed by atoms with Crippen molar-refractivity contribution in [2.45, 2.75) is 5.09 Å². The maximum absolute atomic E-state index is 11.8. The summed E-state index contributed by atoms with van der Waals surface area (Å²) in [5, 5.41) is 12.0. The van der Waals surface area contributed by atoms with E-state index in [9.17, 15) is 13.2 Å². The second-order valence-electron chi connectivity index (χ2n) is 3.40. The zero-order valence-corrected chi connectivity index (χ0v) is 10.0. The molecule has 0 bridgehead atoms. The van der Waals surface area contributed by atoms with Crippen LogP contribution in [0.25, 0.3) is 0 Å². The molecule has 8 nitrogen and oxygen atoms in total. The molecule has 0 aliphatic carbocycles. The van der Waals surface area contributed by atoms with E-state index in [-0.39, 0.29) is 5.82 Å². The van der Waals surface area contributed by atoms with E-state index in [1.165, 1.54) is 10.7 Å². The molecule has 0 fully saturated rings. The highest BCUT2D eigenvalue weighted by Gasteiger charge is 2.21. The summed E-state index contributed by atoms with van der Waals surface area (Å²) in [4.78, 5) is 10.6. The first-order chi connectivity index (χ1) is 8.38. The third kappa shape index (κ3) is 2.35. The number of nitrogens with one attached hydrogen (secondary N) is 1. The molecule has 0 aromatic carbocycles. The third-order valence-electron chi connectivity index (χ3n) is 2.01. The molecule has 0 amide bonds. The van der Waals surface area contributed by atoms with Gasteiger partial charge in [0.2, 0.25) is 10.9 Å². The molecule has 0 spiro atoms. The first-order valence-corrected chi connectivity index (χ1v) is 6.22. The van der Waals surface area contributed by atoms with Gasteiger partial charge in [-0.25, -0.2) is 4.79 Å². The molecule has 2 N–H and O–H groups in total. The first kappa shape index (κ1) is 12.2. The molecule has 96 valence electrons. The molecule has 0 saturated heterocycles. The van der Waals surface area contributed by atoms with Crippen molar-refractivity contribution in [2.24, 2.45) is 7.05 Å². The maximum atomic E-state index is 11.8. The predicted octanol–water partition coefficient (Wildman–Crippen LogP) is 0.512. The standard InChI is InChI=1S/C9H9N3O5S/c1-12-5-4-7(10-12)11-18(15,16)8-3-2-6(17-8)9(13)14/h2-5H,1H3,(H,10,11)(H,13,14). The minimum Gasteiger partial charge on any atom is -0.475 e. The van der Waals surface area contributed by atoms with Crippen molar-refractivity contribution in [3.8, 4) is 0 Å². The van der Waals surface area contributed by atoms with Gasteiger partial charge in [0.1, 0.15) is 0 Å². The molecule has 0 saturated carbocycles. The fourth-order valence-electron chi connectivity index (χ4n) is 1.24. The second kappa shape index (κ2) is 4.18. The van der Waals surface area contributed by atoms with Crippen molar-refractivity contribution in [1.82, 2.24) is 9.78 Å². The quantitative estimate of drug-likeness (QED) is 0.837. The molecule has 2 rings (SSSR count). The monoisotopic (exact) mass is 271 g/mol. The Bertz CT molecular complexity index is 685. The highest BCUT2D eigenvalue weighted by atomic mass is 32.2. The van der Waals surface area contributed by atoms with Crippen LogP contribution >= 0.6 is 0 Å². The van der Waals surface area contributed by atoms with Gasteiger partial charge in [-0.3, -0.25) is 9.40 Å². The van der Waals surface area contributed by atoms with E-state index in [0.29, 0.717) is 0 Å². The van der Waals surface area contributed by atoms with Gasteiger partial charge in [-0.2, -0.15) is 13.5 Å². The van der Waals surface area contributed by atoms with E-state index < -0.39 is 26.8 Å². The molecule has 0 aliphatic heterocycles. The lowest BCUT2D eigenvalue weighted by Gasteiger charge is -2.01. The van der Waals surface area contributed by atoms with Crippen molar-refractivity contribution in [3.63, 3.8) is 0 Å². The van der Waals surface area contributed by atoms with Crippen LogP contribution in [0.1, 0.15) is 10.6 Å². The van der Waals surface area contributed by atoms with Crippen LogP contribution in [0, 0.1) is 0 Å². The number of furan rings is 1. The number of aryl methyl sites for hydroxylation is 1. The summed E-state index contributed by atoms with van der Waals surface area (Å²) in [6.07, 6.45) is 1.56. The van der Waals surface area contributed by atoms with Crippen LogP contribution < -0.4 is 4.72 Å². The second-order valence-corrected chi connectivity index (χ2v) is 5.02. The number of hydrogen-bond acceptors (Lipinski definition) is 5. The van der Waals surface area contributed by atoms with Gasteiger partial charge in [-0.15, -0.1) is 0 Å². The van der Waals surface area contributed by atoms with Crippen LogP contribution in [0.4, 0.5) is 5.82 Å². The smallest absolute Gasteiger partial charge is 0.371 e. The topological polar surface area (TPSA) is 114 Å². The van der Waals surface area contributed by atoms with Crippen molar-refractivity contribution >= 4 is 21.8 Å². The van der Waals surface area contributed by atoms with Crippen LogP contribution in [0.3, 0.4) is 0 Å². The molecule has 2 aromatic rings. The number of hydrogen-bond donors (Lipinski definition) is 2. The van der Waals surface area contributed by atoms with Gasteiger partial charge in [0, 0.05) is 19.3 Å². The number of nitrogens with zero attached hydrogens (tertiary/aromatic N) is 2.